The second kappa shape index (κ2) is 8.04. The second-order valence-corrected chi connectivity index (χ2v) is 5.20. The van der Waals surface area contributed by atoms with Gasteiger partial charge in [0.05, 0.1) is 12.8 Å². The number of hydrogen-bond acceptors (Lipinski definition) is 5. The molecule has 1 N–H and O–H groups in total. The fourth-order valence-corrected chi connectivity index (χ4v) is 2.36. The highest BCUT2D eigenvalue weighted by Crippen LogP contribution is 2.29. The Bertz CT molecular complexity index is 918. The lowest BCUT2D eigenvalue weighted by molar-refractivity contribution is -0.141. The zero-order chi connectivity index (χ0) is 19.3. The van der Waals surface area contributed by atoms with Crippen LogP contribution in [0.15, 0.2) is 30.3 Å². The molecule has 0 bridgehead atoms. The predicted octanol–water partition coefficient (Wildman–Crippen LogP) is 3.04. The number of benzene rings is 2. The van der Waals surface area contributed by atoms with Crippen LogP contribution in [0.25, 0.3) is 0 Å². The first-order chi connectivity index (χ1) is 12.4. The number of anilines is 1. The van der Waals surface area contributed by atoms with Crippen molar-refractivity contribution in [2.75, 3.05) is 12.4 Å². The molecule has 0 fully saturated rings. The number of methoxy groups -OCH3 is 1. The molecular formula is C18H12F3N3O2. The van der Waals surface area contributed by atoms with Gasteiger partial charge in [-0.3, -0.25) is 0 Å². The number of nitrogens with one attached hydrogen (secondary N) is 1. The lowest BCUT2D eigenvalue weighted by Crippen LogP contribution is -2.34. The quantitative estimate of drug-likeness (QED) is 0.655. The van der Waals surface area contributed by atoms with Gasteiger partial charge in [-0.25, -0.2) is 18.0 Å². The zero-order valence-electron chi connectivity index (χ0n) is 13.5. The Morgan fingerprint density at radius 3 is 2.23 bits per heavy atom. The molecule has 1 atom stereocenters. The van der Waals surface area contributed by atoms with Crippen LogP contribution in [0.1, 0.15) is 16.7 Å². The summed E-state index contributed by atoms with van der Waals surface area (Å²) >= 11 is 0. The molecule has 0 spiro atoms. The van der Waals surface area contributed by atoms with E-state index in [1.54, 1.807) is 30.3 Å². The van der Waals surface area contributed by atoms with Gasteiger partial charge >= 0.3 is 5.97 Å². The number of esters is 1. The minimum Gasteiger partial charge on any atom is -0.467 e. The van der Waals surface area contributed by atoms with Crippen molar-refractivity contribution in [2.45, 2.75) is 12.5 Å². The molecular weight excluding hydrogens is 347 g/mol. The van der Waals surface area contributed by atoms with Crippen molar-refractivity contribution < 1.29 is 22.7 Å². The summed E-state index contributed by atoms with van der Waals surface area (Å²) in [5, 5.41) is 20.2. The molecule has 0 saturated carbocycles. The standard InChI is InChI=1S/C18H12F3N3O2/c1-26-18(25)13(7-10-5-3-2-4-6-10)24-17-12(9-23)14(19)11(8-22)15(20)16(17)21/h2-6,13,24H,7H2,1H3/t13-/m1/s1. The van der Waals surface area contributed by atoms with Crippen molar-refractivity contribution in [3.8, 4) is 12.1 Å². The van der Waals surface area contributed by atoms with Gasteiger partial charge in [0, 0.05) is 6.42 Å². The Balaban J connectivity index is 2.50. The van der Waals surface area contributed by atoms with E-state index in [0.29, 0.717) is 5.56 Å². The molecule has 2 aromatic rings. The SMILES string of the molecule is COC(=O)[C@@H](Cc1ccccc1)Nc1c(F)c(F)c(C#N)c(F)c1C#N. The van der Waals surface area contributed by atoms with Gasteiger partial charge in [0.1, 0.15) is 29.3 Å². The maximum atomic E-state index is 14.3. The summed E-state index contributed by atoms with van der Waals surface area (Å²) in [6.45, 7) is 0. The number of halogens is 3. The van der Waals surface area contributed by atoms with E-state index >= 15 is 0 Å². The summed E-state index contributed by atoms with van der Waals surface area (Å²) in [5.41, 5.74) is -2.28. The maximum absolute atomic E-state index is 14.3. The summed E-state index contributed by atoms with van der Waals surface area (Å²) in [6.07, 6.45) is 0.0149. The van der Waals surface area contributed by atoms with E-state index in [1.807, 2.05) is 0 Å². The van der Waals surface area contributed by atoms with Crippen LogP contribution in [0.2, 0.25) is 0 Å². The largest absolute Gasteiger partial charge is 0.467 e. The number of carbonyl (C=O) groups is 1. The van der Waals surface area contributed by atoms with Crippen molar-refractivity contribution in [3.05, 3.63) is 64.5 Å². The second-order valence-electron chi connectivity index (χ2n) is 5.20. The summed E-state index contributed by atoms with van der Waals surface area (Å²) in [4.78, 5) is 12.0. The number of carbonyl (C=O) groups excluding carboxylic acids is 1. The Labute approximate surface area is 147 Å². The molecule has 5 nitrogen and oxygen atoms in total. The van der Waals surface area contributed by atoms with Crippen LogP contribution in [0, 0.1) is 40.1 Å². The van der Waals surface area contributed by atoms with E-state index in [2.05, 4.69) is 10.1 Å². The summed E-state index contributed by atoms with van der Waals surface area (Å²) in [7, 11) is 1.10. The van der Waals surface area contributed by atoms with Gasteiger partial charge in [-0.05, 0) is 5.56 Å². The molecule has 2 rings (SSSR count). The molecule has 132 valence electrons. The van der Waals surface area contributed by atoms with Gasteiger partial charge in [0.25, 0.3) is 0 Å². The van der Waals surface area contributed by atoms with Gasteiger partial charge in [-0.2, -0.15) is 10.5 Å². The monoisotopic (exact) mass is 359 g/mol. The highest BCUT2D eigenvalue weighted by molar-refractivity contribution is 5.80. The molecule has 0 heterocycles. The van der Waals surface area contributed by atoms with Gasteiger partial charge in [0.15, 0.2) is 17.5 Å². The van der Waals surface area contributed by atoms with Gasteiger partial charge in [-0.1, -0.05) is 30.3 Å². The highest BCUT2D eigenvalue weighted by atomic mass is 19.2. The zero-order valence-corrected chi connectivity index (χ0v) is 13.5. The normalized spacial score (nSPS) is 11.2. The first kappa shape index (κ1) is 18.8. The molecule has 2 aromatic carbocycles. The average Bonchev–Trinajstić information content (AvgIpc) is 2.66. The smallest absolute Gasteiger partial charge is 0.328 e. The molecule has 0 radical (unpaired) electrons. The van der Waals surface area contributed by atoms with Crippen LogP contribution < -0.4 is 5.32 Å². The van der Waals surface area contributed by atoms with Crippen molar-refractivity contribution in [1.29, 1.82) is 10.5 Å². The van der Waals surface area contributed by atoms with E-state index in [-0.39, 0.29) is 6.42 Å². The molecule has 0 aliphatic rings. The van der Waals surface area contributed by atoms with E-state index in [1.165, 1.54) is 12.1 Å². The van der Waals surface area contributed by atoms with Crippen LogP contribution in [-0.2, 0) is 16.0 Å². The fraction of sp³-hybridized carbons (Fsp3) is 0.167. The molecule has 0 aliphatic carbocycles. The summed E-state index contributed by atoms with van der Waals surface area (Å²) in [6, 6.07) is 9.91. The Morgan fingerprint density at radius 2 is 1.69 bits per heavy atom. The molecule has 0 aliphatic heterocycles. The minimum absolute atomic E-state index is 0.0149. The molecule has 0 unspecified atom stereocenters. The molecule has 0 aromatic heterocycles. The lowest BCUT2D eigenvalue weighted by Gasteiger charge is -2.19. The van der Waals surface area contributed by atoms with Crippen molar-refractivity contribution in [2.24, 2.45) is 0 Å². The molecule has 0 amide bonds. The number of nitrogens with zero attached hydrogens (tertiary/aromatic N) is 2. The first-order valence-electron chi connectivity index (χ1n) is 7.33. The summed E-state index contributed by atoms with van der Waals surface area (Å²) < 4.78 is 46.9. The van der Waals surface area contributed by atoms with E-state index < -0.39 is 46.3 Å². The topological polar surface area (TPSA) is 85.9 Å². The maximum Gasteiger partial charge on any atom is 0.328 e. The fourth-order valence-electron chi connectivity index (χ4n) is 2.36. The van der Waals surface area contributed by atoms with Crippen LogP contribution in [0.5, 0.6) is 0 Å². The Hall–Kier alpha value is -3.52. The van der Waals surface area contributed by atoms with Crippen molar-refractivity contribution >= 4 is 11.7 Å². The van der Waals surface area contributed by atoms with Gasteiger partial charge < -0.3 is 10.1 Å². The molecule has 8 heteroatoms. The van der Waals surface area contributed by atoms with E-state index in [0.717, 1.165) is 7.11 Å². The van der Waals surface area contributed by atoms with E-state index in [9.17, 15) is 18.0 Å². The van der Waals surface area contributed by atoms with E-state index in [4.69, 9.17) is 10.5 Å². The van der Waals surface area contributed by atoms with Crippen LogP contribution in [-0.4, -0.2) is 19.1 Å². The number of rotatable bonds is 5. The van der Waals surface area contributed by atoms with Gasteiger partial charge in [-0.15, -0.1) is 0 Å². The third-order valence-corrected chi connectivity index (χ3v) is 3.63. The third-order valence-electron chi connectivity index (χ3n) is 3.63. The third kappa shape index (κ3) is 3.60. The average molecular weight is 359 g/mol. The minimum atomic E-state index is -1.74. The number of nitriles is 2. The van der Waals surface area contributed by atoms with Crippen LogP contribution in [0.3, 0.4) is 0 Å². The summed E-state index contributed by atoms with van der Waals surface area (Å²) in [5.74, 6) is -5.68. The molecule has 26 heavy (non-hydrogen) atoms. The lowest BCUT2D eigenvalue weighted by atomic mass is 10.0. The van der Waals surface area contributed by atoms with Crippen molar-refractivity contribution in [3.63, 3.8) is 0 Å². The molecule has 0 saturated heterocycles. The number of hydrogen-bond donors (Lipinski definition) is 1. The highest BCUT2D eigenvalue weighted by Gasteiger charge is 2.29. The first-order valence-corrected chi connectivity index (χ1v) is 7.33. The number of ether oxygens (including phenoxy) is 1. The Kier molecular flexibility index (Phi) is 5.82. The van der Waals surface area contributed by atoms with Crippen molar-refractivity contribution in [1.82, 2.24) is 0 Å². The van der Waals surface area contributed by atoms with Crippen LogP contribution >= 0.6 is 0 Å². The predicted molar refractivity (Wildman–Crippen MR) is 85.3 cm³/mol. The van der Waals surface area contributed by atoms with Crippen LogP contribution in [0.4, 0.5) is 18.9 Å². The van der Waals surface area contributed by atoms with Gasteiger partial charge in [0.2, 0.25) is 0 Å². The Morgan fingerprint density at radius 1 is 1.08 bits per heavy atom.